The summed E-state index contributed by atoms with van der Waals surface area (Å²) in [5.41, 5.74) is 3.09. The van der Waals surface area contributed by atoms with E-state index in [0.29, 0.717) is 0 Å². The zero-order chi connectivity index (χ0) is 9.84. The summed E-state index contributed by atoms with van der Waals surface area (Å²) in [7, 11) is 0. The summed E-state index contributed by atoms with van der Waals surface area (Å²) in [4.78, 5) is 3.18. The van der Waals surface area contributed by atoms with E-state index in [1.165, 1.54) is 5.56 Å². The van der Waals surface area contributed by atoms with Crippen molar-refractivity contribution < 1.29 is 5.11 Å². The number of rotatable bonds is 2. The van der Waals surface area contributed by atoms with Crippen LogP contribution in [0.5, 0.6) is 0 Å². The van der Waals surface area contributed by atoms with Crippen molar-refractivity contribution in [3.63, 3.8) is 0 Å². The molecule has 0 saturated carbocycles. The summed E-state index contributed by atoms with van der Waals surface area (Å²) in [6.45, 7) is 10.8. The first kappa shape index (κ1) is 9.76. The van der Waals surface area contributed by atoms with Gasteiger partial charge in [0.2, 0.25) is 6.54 Å². The van der Waals surface area contributed by atoms with E-state index in [2.05, 4.69) is 4.85 Å². The van der Waals surface area contributed by atoms with Crippen LogP contribution in [-0.4, -0.2) is 11.7 Å². The fourth-order valence-electron chi connectivity index (χ4n) is 1.38. The molecule has 0 bridgehead atoms. The Morgan fingerprint density at radius 1 is 1.46 bits per heavy atom. The molecule has 1 rings (SSSR count). The van der Waals surface area contributed by atoms with Crippen LogP contribution in [0.25, 0.3) is 4.85 Å². The highest BCUT2D eigenvalue weighted by Crippen LogP contribution is 2.18. The standard InChI is InChI=1S/C11H13NO/c1-8-4-5-10(9(2)6-8)11(13)7-12-3/h4-6,11,13H,7H2,1-2H3. The molecule has 1 unspecified atom stereocenters. The second-order valence-corrected chi connectivity index (χ2v) is 3.22. The van der Waals surface area contributed by atoms with Gasteiger partial charge in [-0.2, -0.15) is 0 Å². The molecule has 68 valence electrons. The Bertz CT molecular complexity index is 338. The third-order valence-electron chi connectivity index (χ3n) is 2.05. The Labute approximate surface area is 78.7 Å². The Balaban J connectivity index is 2.96. The van der Waals surface area contributed by atoms with Gasteiger partial charge >= 0.3 is 0 Å². The van der Waals surface area contributed by atoms with Gasteiger partial charge in [-0.05, 0) is 25.0 Å². The first-order valence-corrected chi connectivity index (χ1v) is 4.23. The van der Waals surface area contributed by atoms with Gasteiger partial charge in [-0.15, -0.1) is 0 Å². The smallest absolute Gasteiger partial charge is 0.244 e. The highest BCUT2D eigenvalue weighted by atomic mass is 16.3. The van der Waals surface area contributed by atoms with Crippen LogP contribution in [0.1, 0.15) is 22.8 Å². The fraction of sp³-hybridized carbons (Fsp3) is 0.364. The lowest BCUT2D eigenvalue weighted by atomic mass is 10.0. The third-order valence-corrected chi connectivity index (χ3v) is 2.05. The second-order valence-electron chi connectivity index (χ2n) is 3.22. The first-order chi connectivity index (χ1) is 6.15. The highest BCUT2D eigenvalue weighted by Gasteiger charge is 2.11. The lowest BCUT2D eigenvalue weighted by Crippen LogP contribution is -2.02. The Kier molecular flexibility index (Phi) is 3.05. The highest BCUT2D eigenvalue weighted by molar-refractivity contribution is 5.32. The molecule has 0 amide bonds. The van der Waals surface area contributed by atoms with Gasteiger partial charge in [0.25, 0.3) is 0 Å². The molecule has 1 aromatic rings. The number of nitrogens with zero attached hydrogens (tertiary/aromatic N) is 1. The van der Waals surface area contributed by atoms with Crippen molar-refractivity contribution in [2.45, 2.75) is 20.0 Å². The molecule has 2 heteroatoms. The van der Waals surface area contributed by atoms with Crippen molar-refractivity contribution in [1.82, 2.24) is 0 Å². The van der Waals surface area contributed by atoms with E-state index in [0.717, 1.165) is 11.1 Å². The van der Waals surface area contributed by atoms with Crippen LogP contribution in [0, 0.1) is 20.4 Å². The molecule has 1 N–H and O–H groups in total. The van der Waals surface area contributed by atoms with E-state index >= 15 is 0 Å². The number of hydrogen-bond acceptors (Lipinski definition) is 1. The summed E-state index contributed by atoms with van der Waals surface area (Å²) in [5, 5.41) is 9.58. The molecule has 0 heterocycles. The van der Waals surface area contributed by atoms with Gasteiger partial charge in [0.1, 0.15) is 0 Å². The minimum absolute atomic E-state index is 0.143. The molecule has 13 heavy (non-hydrogen) atoms. The summed E-state index contributed by atoms with van der Waals surface area (Å²) in [5.74, 6) is 0. The van der Waals surface area contributed by atoms with E-state index < -0.39 is 6.10 Å². The summed E-state index contributed by atoms with van der Waals surface area (Å²) in [6, 6.07) is 5.86. The molecule has 0 aliphatic carbocycles. The summed E-state index contributed by atoms with van der Waals surface area (Å²) in [6.07, 6.45) is -0.641. The molecule has 0 fully saturated rings. The Hall–Kier alpha value is -1.33. The number of aliphatic hydroxyl groups is 1. The SMILES string of the molecule is [C-]#[N+]CC(O)c1ccc(C)cc1C. The van der Waals surface area contributed by atoms with Crippen LogP contribution in [0.3, 0.4) is 0 Å². The van der Waals surface area contributed by atoms with Crippen LogP contribution < -0.4 is 0 Å². The molecule has 0 aliphatic rings. The van der Waals surface area contributed by atoms with Crippen molar-refractivity contribution in [3.8, 4) is 0 Å². The maximum atomic E-state index is 9.58. The van der Waals surface area contributed by atoms with Crippen LogP contribution in [0.4, 0.5) is 0 Å². The van der Waals surface area contributed by atoms with Gasteiger partial charge < -0.3 is 9.95 Å². The second kappa shape index (κ2) is 4.06. The molecule has 0 aliphatic heterocycles. The van der Waals surface area contributed by atoms with Gasteiger partial charge in [0.15, 0.2) is 6.10 Å². The number of aliphatic hydroxyl groups excluding tert-OH is 1. The van der Waals surface area contributed by atoms with Gasteiger partial charge in [0, 0.05) is 0 Å². The van der Waals surface area contributed by atoms with Crippen molar-refractivity contribution in [2.24, 2.45) is 0 Å². The molecule has 2 nitrogen and oxygen atoms in total. The van der Waals surface area contributed by atoms with Crippen LogP contribution >= 0.6 is 0 Å². The van der Waals surface area contributed by atoms with E-state index in [1.807, 2.05) is 32.0 Å². The minimum Gasteiger partial charge on any atom is -0.381 e. The normalized spacial score (nSPS) is 12.2. The molecular formula is C11H13NO. The zero-order valence-corrected chi connectivity index (χ0v) is 7.91. The van der Waals surface area contributed by atoms with Crippen LogP contribution in [0.2, 0.25) is 0 Å². The maximum absolute atomic E-state index is 9.58. The minimum atomic E-state index is -0.641. The average Bonchev–Trinajstić information content (AvgIpc) is 2.04. The molecule has 0 saturated heterocycles. The lowest BCUT2D eigenvalue weighted by molar-refractivity contribution is 0.194. The van der Waals surface area contributed by atoms with E-state index in [-0.39, 0.29) is 6.54 Å². The van der Waals surface area contributed by atoms with Crippen molar-refractivity contribution >= 4 is 0 Å². The monoisotopic (exact) mass is 175 g/mol. The van der Waals surface area contributed by atoms with Crippen LogP contribution in [-0.2, 0) is 0 Å². The zero-order valence-electron chi connectivity index (χ0n) is 7.91. The molecule has 1 aromatic carbocycles. The number of aryl methyl sites for hydroxylation is 2. The largest absolute Gasteiger partial charge is 0.381 e. The molecule has 1 atom stereocenters. The summed E-state index contributed by atoms with van der Waals surface area (Å²) >= 11 is 0. The quantitative estimate of drug-likeness (QED) is 0.685. The predicted octanol–water partition coefficient (Wildman–Crippen LogP) is 2.26. The predicted molar refractivity (Wildman–Crippen MR) is 52.3 cm³/mol. The van der Waals surface area contributed by atoms with E-state index in [9.17, 15) is 5.11 Å². The molecular weight excluding hydrogens is 162 g/mol. The fourth-order valence-corrected chi connectivity index (χ4v) is 1.38. The summed E-state index contributed by atoms with van der Waals surface area (Å²) < 4.78 is 0. The molecule has 0 radical (unpaired) electrons. The molecule has 0 aromatic heterocycles. The van der Waals surface area contributed by atoms with E-state index in [4.69, 9.17) is 6.57 Å². The lowest BCUT2D eigenvalue weighted by Gasteiger charge is -2.08. The van der Waals surface area contributed by atoms with Gasteiger partial charge in [-0.1, -0.05) is 23.8 Å². The van der Waals surface area contributed by atoms with E-state index in [1.54, 1.807) is 0 Å². The van der Waals surface area contributed by atoms with Gasteiger partial charge in [-0.25, -0.2) is 6.57 Å². The Morgan fingerprint density at radius 2 is 2.15 bits per heavy atom. The number of hydrogen-bond donors (Lipinski definition) is 1. The molecule has 0 spiro atoms. The van der Waals surface area contributed by atoms with Gasteiger partial charge in [0.05, 0.1) is 0 Å². The number of benzene rings is 1. The van der Waals surface area contributed by atoms with Crippen molar-refractivity contribution in [3.05, 3.63) is 46.3 Å². The average molecular weight is 175 g/mol. The van der Waals surface area contributed by atoms with Crippen LogP contribution in [0.15, 0.2) is 18.2 Å². The first-order valence-electron chi connectivity index (χ1n) is 4.23. The van der Waals surface area contributed by atoms with Gasteiger partial charge in [-0.3, -0.25) is 0 Å². The topological polar surface area (TPSA) is 24.6 Å². The maximum Gasteiger partial charge on any atom is 0.244 e. The Morgan fingerprint density at radius 3 is 2.69 bits per heavy atom. The van der Waals surface area contributed by atoms with Crippen molar-refractivity contribution in [1.29, 1.82) is 0 Å². The third kappa shape index (κ3) is 2.30. The van der Waals surface area contributed by atoms with Crippen molar-refractivity contribution in [2.75, 3.05) is 6.54 Å².